The number of aryl methyl sites for hydroxylation is 1. The molecule has 1 unspecified atom stereocenters. The quantitative estimate of drug-likeness (QED) is 0.897. The lowest BCUT2D eigenvalue weighted by atomic mass is 10.1. The number of furan rings is 1. The van der Waals surface area contributed by atoms with Crippen LogP contribution in [0.2, 0.25) is 0 Å². The highest BCUT2D eigenvalue weighted by atomic mass is 16.5. The van der Waals surface area contributed by atoms with E-state index in [4.69, 9.17) is 14.9 Å². The fourth-order valence-corrected chi connectivity index (χ4v) is 1.81. The largest absolute Gasteiger partial charge is 0.491 e. The van der Waals surface area contributed by atoms with E-state index >= 15 is 0 Å². The van der Waals surface area contributed by atoms with E-state index in [1.54, 1.807) is 0 Å². The summed E-state index contributed by atoms with van der Waals surface area (Å²) in [5.41, 5.74) is 7.16. The summed E-state index contributed by atoms with van der Waals surface area (Å²) in [5.74, 6) is 2.52. The Hall–Kier alpha value is -1.74. The molecule has 2 N–H and O–H groups in total. The Bertz CT molecular complexity index is 499. The molecule has 3 heteroatoms. The van der Waals surface area contributed by atoms with E-state index in [-0.39, 0.29) is 12.1 Å². The van der Waals surface area contributed by atoms with Crippen LogP contribution in [0.25, 0.3) is 0 Å². The zero-order chi connectivity index (χ0) is 13.1. The molecule has 0 saturated carbocycles. The summed E-state index contributed by atoms with van der Waals surface area (Å²) in [6, 6.07) is 11.4. The van der Waals surface area contributed by atoms with Gasteiger partial charge >= 0.3 is 0 Å². The molecule has 2 aromatic rings. The van der Waals surface area contributed by atoms with Gasteiger partial charge in [-0.3, -0.25) is 0 Å². The normalized spacial score (nSPS) is 12.7. The van der Waals surface area contributed by atoms with Crippen LogP contribution in [0.15, 0.2) is 40.8 Å². The average molecular weight is 245 g/mol. The molecule has 1 aromatic heterocycles. The molecule has 1 atom stereocenters. The monoisotopic (exact) mass is 245 g/mol. The maximum atomic E-state index is 6.15. The number of nitrogens with two attached hydrogens (primary N) is 1. The van der Waals surface area contributed by atoms with Crippen LogP contribution in [0, 0.1) is 6.92 Å². The van der Waals surface area contributed by atoms with Gasteiger partial charge in [0.05, 0.1) is 12.1 Å². The van der Waals surface area contributed by atoms with Gasteiger partial charge in [-0.2, -0.15) is 0 Å². The minimum absolute atomic E-state index is 0.178. The second kappa shape index (κ2) is 5.27. The Morgan fingerprint density at radius 2 is 1.72 bits per heavy atom. The van der Waals surface area contributed by atoms with Crippen molar-refractivity contribution in [2.75, 3.05) is 0 Å². The Morgan fingerprint density at radius 3 is 2.22 bits per heavy atom. The van der Waals surface area contributed by atoms with Crippen molar-refractivity contribution in [3.63, 3.8) is 0 Å². The molecule has 0 saturated heterocycles. The summed E-state index contributed by atoms with van der Waals surface area (Å²) in [4.78, 5) is 0. The molecule has 2 rings (SSSR count). The molecule has 1 aromatic carbocycles. The maximum Gasteiger partial charge on any atom is 0.125 e. The highest BCUT2D eigenvalue weighted by Gasteiger charge is 2.12. The molecule has 0 radical (unpaired) electrons. The molecule has 96 valence electrons. The van der Waals surface area contributed by atoms with Crippen molar-refractivity contribution in [3.05, 3.63) is 53.5 Å². The summed E-state index contributed by atoms with van der Waals surface area (Å²) in [6.07, 6.45) is 0.178. The van der Waals surface area contributed by atoms with Crippen LogP contribution >= 0.6 is 0 Å². The van der Waals surface area contributed by atoms with Crippen LogP contribution in [0.4, 0.5) is 0 Å². The topological polar surface area (TPSA) is 48.4 Å². The minimum atomic E-state index is -0.230. The third kappa shape index (κ3) is 2.93. The molecule has 0 bridgehead atoms. The standard InChI is InChI=1S/C15H19NO2/c1-10(2)17-13-7-5-12(6-8-13)15(16)14-9-4-11(3)18-14/h4-10,15H,16H2,1-3H3. The van der Waals surface area contributed by atoms with Gasteiger partial charge in [0.15, 0.2) is 0 Å². The van der Waals surface area contributed by atoms with E-state index in [0.29, 0.717) is 0 Å². The van der Waals surface area contributed by atoms with E-state index < -0.39 is 0 Å². The summed E-state index contributed by atoms with van der Waals surface area (Å²) in [6.45, 7) is 5.92. The maximum absolute atomic E-state index is 6.15. The van der Waals surface area contributed by atoms with Crippen LogP contribution < -0.4 is 10.5 Å². The third-order valence-corrected chi connectivity index (χ3v) is 2.68. The molecule has 0 aliphatic heterocycles. The molecule has 0 aliphatic carbocycles. The van der Waals surface area contributed by atoms with Crippen molar-refractivity contribution >= 4 is 0 Å². The molecule has 0 fully saturated rings. The van der Waals surface area contributed by atoms with Crippen LogP contribution in [-0.4, -0.2) is 6.10 Å². The van der Waals surface area contributed by atoms with E-state index in [1.165, 1.54) is 0 Å². The Balaban J connectivity index is 2.14. The van der Waals surface area contributed by atoms with Gasteiger partial charge in [-0.1, -0.05) is 12.1 Å². The Labute approximate surface area is 108 Å². The van der Waals surface area contributed by atoms with Gasteiger partial charge in [-0.05, 0) is 50.6 Å². The van der Waals surface area contributed by atoms with Gasteiger partial charge < -0.3 is 14.9 Å². The predicted octanol–water partition coefficient (Wildman–Crippen LogP) is 3.42. The first kappa shape index (κ1) is 12.7. The number of benzene rings is 1. The van der Waals surface area contributed by atoms with Gasteiger partial charge in [-0.15, -0.1) is 0 Å². The second-order valence-electron chi connectivity index (χ2n) is 4.66. The number of ether oxygens (including phenoxy) is 1. The lowest BCUT2D eigenvalue weighted by Crippen LogP contribution is -2.11. The van der Waals surface area contributed by atoms with E-state index in [2.05, 4.69) is 0 Å². The van der Waals surface area contributed by atoms with Crippen LogP contribution in [0.1, 0.15) is 37.0 Å². The summed E-state index contributed by atoms with van der Waals surface area (Å²) < 4.78 is 11.1. The number of hydrogen-bond donors (Lipinski definition) is 1. The first-order valence-corrected chi connectivity index (χ1v) is 6.15. The molecule has 3 nitrogen and oxygen atoms in total. The zero-order valence-corrected chi connectivity index (χ0v) is 11.0. The molecule has 18 heavy (non-hydrogen) atoms. The van der Waals surface area contributed by atoms with Crippen LogP contribution in [0.3, 0.4) is 0 Å². The highest BCUT2D eigenvalue weighted by molar-refractivity contribution is 5.32. The van der Waals surface area contributed by atoms with Crippen LogP contribution in [0.5, 0.6) is 5.75 Å². The van der Waals surface area contributed by atoms with Crippen molar-refractivity contribution in [2.24, 2.45) is 5.73 Å². The van der Waals surface area contributed by atoms with E-state index in [9.17, 15) is 0 Å². The van der Waals surface area contributed by atoms with Crippen molar-refractivity contribution in [2.45, 2.75) is 32.9 Å². The zero-order valence-electron chi connectivity index (χ0n) is 11.0. The molecule has 0 amide bonds. The molecule has 0 spiro atoms. The van der Waals surface area contributed by atoms with E-state index in [0.717, 1.165) is 22.8 Å². The lowest BCUT2D eigenvalue weighted by molar-refractivity contribution is 0.242. The van der Waals surface area contributed by atoms with Crippen molar-refractivity contribution in [1.29, 1.82) is 0 Å². The van der Waals surface area contributed by atoms with Gasteiger partial charge in [0.25, 0.3) is 0 Å². The minimum Gasteiger partial charge on any atom is -0.491 e. The summed E-state index contributed by atoms with van der Waals surface area (Å²) in [5, 5.41) is 0. The average Bonchev–Trinajstić information content (AvgIpc) is 2.75. The number of rotatable bonds is 4. The lowest BCUT2D eigenvalue weighted by Gasteiger charge is -2.12. The van der Waals surface area contributed by atoms with Crippen molar-refractivity contribution < 1.29 is 9.15 Å². The number of hydrogen-bond acceptors (Lipinski definition) is 3. The molecular formula is C15H19NO2. The van der Waals surface area contributed by atoms with Gasteiger partial charge in [0.2, 0.25) is 0 Å². The van der Waals surface area contributed by atoms with Gasteiger partial charge in [-0.25, -0.2) is 0 Å². The first-order valence-electron chi connectivity index (χ1n) is 6.15. The van der Waals surface area contributed by atoms with E-state index in [1.807, 2.05) is 57.2 Å². The summed E-state index contributed by atoms with van der Waals surface area (Å²) >= 11 is 0. The van der Waals surface area contributed by atoms with Crippen molar-refractivity contribution in [1.82, 2.24) is 0 Å². The Morgan fingerprint density at radius 1 is 1.06 bits per heavy atom. The Kier molecular flexibility index (Phi) is 3.72. The second-order valence-corrected chi connectivity index (χ2v) is 4.66. The predicted molar refractivity (Wildman–Crippen MR) is 71.7 cm³/mol. The first-order chi connectivity index (χ1) is 8.56. The fraction of sp³-hybridized carbons (Fsp3) is 0.333. The third-order valence-electron chi connectivity index (χ3n) is 2.68. The van der Waals surface area contributed by atoms with Crippen LogP contribution in [-0.2, 0) is 0 Å². The van der Waals surface area contributed by atoms with Gasteiger partial charge in [0.1, 0.15) is 17.3 Å². The fourth-order valence-electron chi connectivity index (χ4n) is 1.81. The molecular weight excluding hydrogens is 226 g/mol. The molecule has 1 heterocycles. The SMILES string of the molecule is Cc1ccc(C(N)c2ccc(OC(C)C)cc2)o1. The molecule has 0 aliphatic rings. The highest BCUT2D eigenvalue weighted by Crippen LogP contribution is 2.23. The van der Waals surface area contributed by atoms with Crippen molar-refractivity contribution in [3.8, 4) is 5.75 Å². The smallest absolute Gasteiger partial charge is 0.125 e. The summed E-state index contributed by atoms with van der Waals surface area (Å²) in [7, 11) is 0. The van der Waals surface area contributed by atoms with Gasteiger partial charge in [0, 0.05) is 0 Å².